The SMILES string of the molecule is N#Cc1n[nH]nc1-c1ccn(-c2ccc(OC(F)(F)F)cc2)c1. The molecule has 9 heteroatoms. The molecule has 2 heterocycles. The molecule has 0 unspecified atom stereocenters. The first-order chi connectivity index (χ1) is 11.0. The van der Waals surface area contributed by atoms with Gasteiger partial charge in [0.15, 0.2) is 5.69 Å². The van der Waals surface area contributed by atoms with E-state index >= 15 is 0 Å². The van der Waals surface area contributed by atoms with Gasteiger partial charge in [-0.25, -0.2) is 0 Å². The average Bonchev–Trinajstić information content (AvgIpc) is 3.15. The Morgan fingerprint density at radius 1 is 1.13 bits per heavy atom. The fourth-order valence-electron chi connectivity index (χ4n) is 2.03. The highest BCUT2D eigenvalue weighted by Gasteiger charge is 2.30. The molecule has 1 aromatic carbocycles. The van der Waals surface area contributed by atoms with Crippen molar-refractivity contribution < 1.29 is 17.9 Å². The number of benzene rings is 1. The fraction of sp³-hybridized carbons (Fsp3) is 0.0714. The Balaban J connectivity index is 1.85. The van der Waals surface area contributed by atoms with Crippen LogP contribution in [0.3, 0.4) is 0 Å². The summed E-state index contributed by atoms with van der Waals surface area (Å²) in [6.45, 7) is 0. The second-order valence-electron chi connectivity index (χ2n) is 4.48. The molecule has 0 bridgehead atoms. The van der Waals surface area contributed by atoms with Gasteiger partial charge in [0.25, 0.3) is 0 Å². The topological polar surface area (TPSA) is 79.5 Å². The van der Waals surface area contributed by atoms with Crippen molar-refractivity contribution in [1.82, 2.24) is 20.0 Å². The third-order valence-corrected chi connectivity index (χ3v) is 2.99. The van der Waals surface area contributed by atoms with Crippen molar-refractivity contribution in [3.8, 4) is 28.8 Å². The first kappa shape index (κ1) is 14.6. The fourth-order valence-corrected chi connectivity index (χ4v) is 2.03. The van der Waals surface area contributed by atoms with Gasteiger partial charge in [-0.3, -0.25) is 0 Å². The Bertz CT molecular complexity index is 858. The average molecular weight is 319 g/mol. The van der Waals surface area contributed by atoms with Gasteiger partial charge in [0.05, 0.1) is 0 Å². The number of ether oxygens (including phenoxy) is 1. The molecule has 0 atom stereocenters. The summed E-state index contributed by atoms with van der Waals surface area (Å²) >= 11 is 0. The standard InChI is InChI=1S/C14H8F3N5O/c15-14(16,17)23-11-3-1-10(2-4-11)22-6-5-9(8-22)13-12(7-18)19-21-20-13/h1-6,8H,(H,19,20,21). The number of nitrogens with one attached hydrogen (secondary N) is 1. The number of hydrogen-bond donors (Lipinski definition) is 1. The zero-order chi connectivity index (χ0) is 16.4. The van der Waals surface area contributed by atoms with Crippen molar-refractivity contribution in [2.24, 2.45) is 0 Å². The molecule has 2 aromatic heterocycles. The van der Waals surface area contributed by atoms with Crippen molar-refractivity contribution in [2.75, 3.05) is 0 Å². The molecule has 3 aromatic rings. The molecule has 0 aliphatic heterocycles. The Morgan fingerprint density at radius 3 is 2.52 bits per heavy atom. The van der Waals surface area contributed by atoms with E-state index in [1.54, 1.807) is 23.0 Å². The van der Waals surface area contributed by atoms with Crippen molar-refractivity contribution >= 4 is 0 Å². The minimum absolute atomic E-state index is 0.164. The van der Waals surface area contributed by atoms with Gasteiger partial charge in [0, 0.05) is 23.6 Å². The number of halogens is 3. The van der Waals surface area contributed by atoms with Crippen LogP contribution in [0.15, 0.2) is 42.7 Å². The summed E-state index contributed by atoms with van der Waals surface area (Å²) in [5, 5.41) is 18.9. The minimum atomic E-state index is -4.72. The molecule has 23 heavy (non-hydrogen) atoms. The van der Waals surface area contributed by atoms with Gasteiger partial charge in [-0.05, 0) is 30.3 Å². The van der Waals surface area contributed by atoms with Crippen molar-refractivity contribution in [3.05, 3.63) is 48.4 Å². The second-order valence-corrected chi connectivity index (χ2v) is 4.48. The molecule has 0 aliphatic rings. The molecule has 0 spiro atoms. The molecule has 3 rings (SSSR count). The number of aromatic amines is 1. The lowest BCUT2D eigenvalue weighted by molar-refractivity contribution is -0.274. The Morgan fingerprint density at radius 2 is 1.87 bits per heavy atom. The first-order valence-electron chi connectivity index (χ1n) is 6.32. The van der Waals surface area contributed by atoms with Crippen molar-refractivity contribution in [1.29, 1.82) is 5.26 Å². The van der Waals surface area contributed by atoms with E-state index in [2.05, 4.69) is 20.1 Å². The molecule has 0 saturated carbocycles. The zero-order valence-corrected chi connectivity index (χ0v) is 11.4. The maximum atomic E-state index is 12.1. The lowest BCUT2D eigenvalue weighted by atomic mass is 10.2. The van der Waals surface area contributed by atoms with Crippen LogP contribution in [0.4, 0.5) is 13.2 Å². The molecule has 6 nitrogen and oxygen atoms in total. The smallest absolute Gasteiger partial charge is 0.406 e. The van der Waals surface area contributed by atoms with E-state index in [4.69, 9.17) is 5.26 Å². The third-order valence-electron chi connectivity index (χ3n) is 2.99. The molecule has 0 saturated heterocycles. The summed E-state index contributed by atoms with van der Waals surface area (Å²) in [7, 11) is 0. The van der Waals surface area contributed by atoms with Gasteiger partial charge in [-0.1, -0.05) is 0 Å². The summed E-state index contributed by atoms with van der Waals surface area (Å²) in [6.07, 6.45) is -1.33. The van der Waals surface area contributed by atoms with E-state index in [1.807, 2.05) is 6.07 Å². The highest BCUT2D eigenvalue weighted by atomic mass is 19.4. The normalized spacial score (nSPS) is 11.2. The van der Waals surface area contributed by atoms with Gasteiger partial charge in [-0.2, -0.15) is 15.6 Å². The molecular weight excluding hydrogens is 311 g/mol. The predicted molar refractivity (Wildman–Crippen MR) is 72.5 cm³/mol. The quantitative estimate of drug-likeness (QED) is 0.804. The summed E-state index contributed by atoms with van der Waals surface area (Å²) in [6, 6.07) is 9.05. The first-order valence-corrected chi connectivity index (χ1v) is 6.32. The van der Waals surface area contributed by atoms with E-state index in [0.717, 1.165) is 0 Å². The lowest BCUT2D eigenvalue weighted by Gasteiger charge is -2.09. The Hall–Kier alpha value is -3.28. The van der Waals surface area contributed by atoms with E-state index in [-0.39, 0.29) is 11.4 Å². The van der Waals surface area contributed by atoms with Crippen LogP contribution < -0.4 is 4.74 Å². The van der Waals surface area contributed by atoms with Crippen LogP contribution in [0.2, 0.25) is 0 Å². The van der Waals surface area contributed by atoms with Crippen LogP contribution in [0, 0.1) is 11.3 Å². The summed E-state index contributed by atoms with van der Waals surface area (Å²) < 4.78 is 41.9. The van der Waals surface area contributed by atoms with E-state index in [1.165, 1.54) is 24.3 Å². The summed E-state index contributed by atoms with van der Waals surface area (Å²) in [5.74, 6) is -0.295. The largest absolute Gasteiger partial charge is 0.573 e. The van der Waals surface area contributed by atoms with Gasteiger partial charge in [0.1, 0.15) is 17.5 Å². The number of aromatic nitrogens is 4. The number of nitriles is 1. The molecular formula is C14H8F3N5O. The molecule has 0 radical (unpaired) electrons. The van der Waals surface area contributed by atoms with E-state index in [0.29, 0.717) is 16.9 Å². The van der Waals surface area contributed by atoms with Crippen molar-refractivity contribution in [2.45, 2.75) is 6.36 Å². The predicted octanol–water partition coefficient (Wildman–Crippen LogP) is 3.03. The van der Waals surface area contributed by atoms with Crippen molar-refractivity contribution in [3.63, 3.8) is 0 Å². The second kappa shape index (κ2) is 5.49. The maximum absolute atomic E-state index is 12.1. The summed E-state index contributed by atoms with van der Waals surface area (Å²) in [5.41, 5.74) is 1.86. The van der Waals surface area contributed by atoms with Crippen LogP contribution in [0.25, 0.3) is 16.9 Å². The van der Waals surface area contributed by atoms with Crippen LogP contribution >= 0.6 is 0 Å². The van der Waals surface area contributed by atoms with Crippen LogP contribution in [0.5, 0.6) is 5.75 Å². The van der Waals surface area contributed by atoms with Crippen LogP contribution in [-0.2, 0) is 0 Å². The van der Waals surface area contributed by atoms with Crippen LogP contribution in [0.1, 0.15) is 5.69 Å². The number of rotatable bonds is 3. The minimum Gasteiger partial charge on any atom is -0.406 e. The van der Waals surface area contributed by atoms with Crippen LogP contribution in [-0.4, -0.2) is 26.3 Å². The lowest BCUT2D eigenvalue weighted by Crippen LogP contribution is -2.17. The van der Waals surface area contributed by atoms with E-state index in [9.17, 15) is 13.2 Å². The molecule has 0 aliphatic carbocycles. The van der Waals surface area contributed by atoms with Gasteiger partial charge < -0.3 is 9.30 Å². The molecule has 116 valence electrons. The number of nitrogens with zero attached hydrogens (tertiary/aromatic N) is 4. The highest BCUT2D eigenvalue weighted by Crippen LogP contribution is 2.25. The van der Waals surface area contributed by atoms with Gasteiger partial charge in [-0.15, -0.1) is 18.3 Å². The highest BCUT2D eigenvalue weighted by molar-refractivity contribution is 5.64. The Labute approximate surface area is 127 Å². The number of alkyl halides is 3. The molecule has 0 fully saturated rings. The van der Waals surface area contributed by atoms with Gasteiger partial charge >= 0.3 is 6.36 Å². The zero-order valence-electron chi connectivity index (χ0n) is 11.4. The van der Waals surface area contributed by atoms with E-state index < -0.39 is 6.36 Å². The summed E-state index contributed by atoms with van der Waals surface area (Å²) in [4.78, 5) is 0. The van der Waals surface area contributed by atoms with Gasteiger partial charge in [0.2, 0.25) is 0 Å². The maximum Gasteiger partial charge on any atom is 0.573 e. The molecule has 0 amide bonds. The Kier molecular flexibility index (Phi) is 3.50. The number of hydrogen-bond acceptors (Lipinski definition) is 4. The third kappa shape index (κ3) is 3.16. The molecule has 1 N–H and O–H groups in total. The monoisotopic (exact) mass is 319 g/mol. The number of H-pyrrole nitrogens is 1.